The van der Waals surface area contributed by atoms with Gasteiger partial charge in [-0.3, -0.25) is 4.79 Å². The van der Waals surface area contributed by atoms with E-state index in [9.17, 15) is 9.90 Å². The first-order valence-electron chi connectivity index (χ1n) is 6.91. The van der Waals surface area contributed by atoms with Crippen molar-refractivity contribution in [3.63, 3.8) is 0 Å². The van der Waals surface area contributed by atoms with Crippen LogP contribution < -0.4 is 5.32 Å². The average Bonchev–Trinajstić information content (AvgIpc) is 2.49. The standard InChI is InChI=1S/C13H24N4O2/c1-12(2)5-3-6-13(8-7-12,11(18)19)15-9-4-10-16-17-14/h15H,3-10H2,1-2H3,(H,18,19). The molecule has 0 bridgehead atoms. The fourth-order valence-electron chi connectivity index (χ4n) is 2.66. The minimum atomic E-state index is -0.801. The van der Waals surface area contributed by atoms with Gasteiger partial charge in [-0.15, -0.1) is 0 Å². The van der Waals surface area contributed by atoms with Crippen molar-refractivity contribution in [1.29, 1.82) is 0 Å². The van der Waals surface area contributed by atoms with Crippen molar-refractivity contribution in [2.45, 2.75) is 57.9 Å². The van der Waals surface area contributed by atoms with Crippen LogP contribution in [0.5, 0.6) is 0 Å². The van der Waals surface area contributed by atoms with Crippen LogP contribution in [0, 0.1) is 5.41 Å². The van der Waals surface area contributed by atoms with E-state index in [-0.39, 0.29) is 5.41 Å². The lowest BCUT2D eigenvalue weighted by Crippen LogP contribution is -2.52. The maximum absolute atomic E-state index is 11.6. The highest BCUT2D eigenvalue weighted by molar-refractivity contribution is 5.78. The van der Waals surface area contributed by atoms with Crippen molar-refractivity contribution >= 4 is 5.97 Å². The maximum Gasteiger partial charge on any atom is 0.323 e. The van der Waals surface area contributed by atoms with Crippen molar-refractivity contribution < 1.29 is 9.90 Å². The summed E-state index contributed by atoms with van der Waals surface area (Å²) in [5.74, 6) is -0.756. The molecule has 1 saturated carbocycles. The number of rotatable bonds is 6. The normalized spacial score (nSPS) is 26.2. The van der Waals surface area contributed by atoms with Gasteiger partial charge in [0.15, 0.2) is 0 Å². The van der Waals surface area contributed by atoms with E-state index in [0.29, 0.717) is 32.4 Å². The second kappa shape index (κ2) is 6.78. The maximum atomic E-state index is 11.6. The molecule has 0 amide bonds. The molecule has 0 aliphatic heterocycles. The summed E-state index contributed by atoms with van der Waals surface area (Å²) in [5, 5.41) is 16.2. The van der Waals surface area contributed by atoms with E-state index in [2.05, 4.69) is 29.2 Å². The molecule has 1 aliphatic carbocycles. The molecule has 0 radical (unpaired) electrons. The Morgan fingerprint density at radius 2 is 2.11 bits per heavy atom. The zero-order valence-corrected chi connectivity index (χ0v) is 11.9. The Morgan fingerprint density at radius 3 is 2.74 bits per heavy atom. The van der Waals surface area contributed by atoms with Crippen LogP contribution in [-0.2, 0) is 4.79 Å². The summed E-state index contributed by atoms with van der Waals surface area (Å²) in [5.41, 5.74) is 7.62. The highest BCUT2D eigenvalue weighted by atomic mass is 16.4. The molecule has 0 heterocycles. The third kappa shape index (κ3) is 4.73. The number of nitrogens with one attached hydrogen (secondary N) is 1. The second-order valence-electron chi connectivity index (χ2n) is 6.14. The summed E-state index contributed by atoms with van der Waals surface area (Å²) in [6.07, 6.45) is 4.93. The molecule has 0 saturated heterocycles. The Kier molecular flexibility index (Phi) is 5.63. The molecule has 1 fully saturated rings. The summed E-state index contributed by atoms with van der Waals surface area (Å²) in [7, 11) is 0. The number of aliphatic carboxylic acids is 1. The minimum absolute atomic E-state index is 0.226. The molecule has 2 N–H and O–H groups in total. The summed E-state index contributed by atoms with van der Waals surface area (Å²) in [6, 6.07) is 0. The number of carbonyl (C=O) groups is 1. The number of hydrogen-bond donors (Lipinski definition) is 2. The van der Waals surface area contributed by atoms with E-state index in [4.69, 9.17) is 5.53 Å². The largest absolute Gasteiger partial charge is 0.480 e. The van der Waals surface area contributed by atoms with Crippen LogP contribution >= 0.6 is 0 Å². The van der Waals surface area contributed by atoms with Crippen LogP contribution in [0.25, 0.3) is 10.4 Å². The lowest BCUT2D eigenvalue weighted by atomic mass is 9.83. The molecule has 0 aromatic rings. The number of nitrogens with zero attached hydrogens (tertiary/aromatic N) is 3. The Morgan fingerprint density at radius 1 is 1.37 bits per heavy atom. The van der Waals surface area contributed by atoms with Crippen LogP contribution in [-0.4, -0.2) is 29.7 Å². The zero-order valence-electron chi connectivity index (χ0n) is 11.9. The molecule has 1 atom stereocenters. The first-order chi connectivity index (χ1) is 8.92. The van der Waals surface area contributed by atoms with Gasteiger partial charge in [-0.25, -0.2) is 0 Å². The number of carboxylic acids is 1. The smallest absolute Gasteiger partial charge is 0.323 e. The number of hydrogen-bond acceptors (Lipinski definition) is 3. The summed E-state index contributed by atoms with van der Waals surface area (Å²) in [6.45, 7) is 5.38. The third-order valence-corrected chi connectivity index (χ3v) is 4.06. The molecule has 1 aliphatic rings. The highest BCUT2D eigenvalue weighted by Gasteiger charge is 2.41. The Labute approximate surface area is 114 Å². The minimum Gasteiger partial charge on any atom is -0.480 e. The highest BCUT2D eigenvalue weighted by Crippen LogP contribution is 2.38. The Balaban J connectivity index is 2.59. The molecule has 0 aromatic heterocycles. The molecule has 6 heteroatoms. The van der Waals surface area contributed by atoms with E-state index in [1.54, 1.807) is 0 Å². The van der Waals surface area contributed by atoms with Gasteiger partial charge in [0, 0.05) is 11.5 Å². The predicted octanol–water partition coefficient (Wildman–Crippen LogP) is 3.09. The summed E-state index contributed by atoms with van der Waals surface area (Å²) in [4.78, 5) is 14.3. The van der Waals surface area contributed by atoms with Crippen LogP contribution in [0.4, 0.5) is 0 Å². The SMILES string of the molecule is CC1(C)CCCC(NCCCN=[N+]=[N-])(C(=O)O)CC1. The van der Waals surface area contributed by atoms with E-state index in [0.717, 1.165) is 19.3 Å². The molecule has 19 heavy (non-hydrogen) atoms. The van der Waals surface area contributed by atoms with Gasteiger partial charge in [0.2, 0.25) is 0 Å². The van der Waals surface area contributed by atoms with Crippen LogP contribution in [0.3, 0.4) is 0 Å². The van der Waals surface area contributed by atoms with Gasteiger partial charge >= 0.3 is 5.97 Å². The molecular weight excluding hydrogens is 244 g/mol. The second-order valence-corrected chi connectivity index (χ2v) is 6.14. The quantitative estimate of drug-likeness (QED) is 0.254. The van der Waals surface area contributed by atoms with E-state index >= 15 is 0 Å². The first-order valence-corrected chi connectivity index (χ1v) is 6.91. The van der Waals surface area contributed by atoms with Crippen molar-refractivity contribution in [2.24, 2.45) is 10.5 Å². The monoisotopic (exact) mass is 268 g/mol. The molecule has 1 rings (SSSR count). The summed E-state index contributed by atoms with van der Waals surface area (Å²) >= 11 is 0. The summed E-state index contributed by atoms with van der Waals surface area (Å²) < 4.78 is 0. The van der Waals surface area contributed by atoms with Gasteiger partial charge in [-0.05, 0) is 49.6 Å². The zero-order chi connectivity index (χ0) is 14.4. The molecule has 1 unspecified atom stereocenters. The lowest BCUT2D eigenvalue weighted by Gasteiger charge is -2.30. The van der Waals surface area contributed by atoms with Crippen LogP contribution in [0.2, 0.25) is 0 Å². The van der Waals surface area contributed by atoms with Crippen molar-refractivity contribution in [2.75, 3.05) is 13.1 Å². The van der Waals surface area contributed by atoms with Gasteiger partial charge in [-0.2, -0.15) is 0 Å². The van der Waals surface area contributed by atoms with Gasteiger partial charge in [0.1, 0.15) is 5.54 Å². The Bertz CT molecular complexity index is 364. The van der Waals surface area contributed by atoms with E-state index in [1.807, 2.05) is 0 Å². The lowest BCUT2D eigenvalue weighted by molar-refractivity contribution is -0.145. The van der Waals surface area contributed by atoms with E-state index < -0.39 is 11.5 Å². The average molecular weight is 268 g/mol. The van der Waals surface area contributed by atoms with Crippen LogP contribution in [0.15, 0.2) is 5.11 Å². The van der Waals surface area contributed by atoms with Crippen LogP contribution in [0.1, 0.15) is 52.4 Å². The fraction of sp³-hybridized carbons (Fsp3) is 0.923. The molecule has 0 aromatic carbocycles. The fourth-order valence-corrected chi connectivity index (χ4v) is 2.66. The molecule has 0 spiro atoms. The third-order valence-electron chi connectivity index (χ3n) is 4.06. The molecular formula is C13H24N4O2. The first kappa shape index (κ1) is 15.8. The van der Waals surface area contributed by atoms with Gasteiger partial charge in [0.25, 0.3) is 0 Å². The molecule has 108 valence electrons. The van der Waals surface area contributed by atoms with Gasteiger partial charge in [-0.1, -0.05) is 25.4 Å². The van der Waals surface area contributed by atoms with Crippen molar-refractivity contribution in [3.05, 3.63) is 10.4 Å². The Hall–Kier alpha value is -1.26. The van der Waals surface area contributed by atoms with Crippen molar-refractivity contribution in [1.82, 2.24) is 5.32 Å². The van der Waals surface area contributed by atoms with Gasteiger partial charge < -0.3 is 10.4 Å². The van der Waals surface area contributed by atoms with Gasteiger partial charge in [0.05, 0.1) is 0 Å². The topological polar surface area (TPSA) is 98.1 Å². The van der Waals surface area contributed by atoms with Crippen molar-refractivity contribution in [3.8, 4) is 0 Å². The number of carboxylic acid groups (broad SMARTS) is 1. The number of azide groups is 1. The molecule has 6 nitrogen and oxygen atoms in total. The van der Waals surface area contributed by atoms with E-state index in [1.165, 1.54) is 0 Å². The predicted molar refractivity (Wildman–Crippen MR) is 73.9 cm³/mol.